The summed E-state index contributed by atoms with van der Waals surface area (Å²) in [5.41, 5.74) is -1.37. The molecule has 2 fully saturated rings. The van der Waals surface area contributed by atoms with E-state index in [0.29, 0.717) is 13.0 Å². The summed E-state index contributed by atoms with van der Waals surface area (Å²) in [7, 11) is 0. The van der Waals surface area contributed by atoms with E-state index in [1.54, 1.807) is 53.7 Å². The summed E-state index contributed by atoms with van der Waals surface area (Å²) in [5.74, 6) is -0.779. The van der Waals surface area contributed by atoms with Crippen LogP contribution in [-0.4, -0.2) is 73.0 Å². The van der Waals surface area contributed by atoms with E-state index in [4.69, 9.17) is 23.7 Å². The van der Waals surface area contributed by atoms with Gasteiger partial charge in [-0.1, -0.05) is 18.2 Å². The third-order valence-corrected chi connectivity index (χ3v) is 6.08. The Hall–Kier alpha value is -1.74. The van der Waals surface area contributed by atoms with Crippen LogP contribution in [0.15, 0.2) is 24.3 Å². The van der Waals surface area contributed by atoms with Gasteiger partial charge in [0.25, 0.3) is 0 Å². The molecule has 1 N–H and O–H groups in total. The normalized spacial score (nSPS) is 32.9. The number of ether oxygens (including phenoxy) is 5. The van der Waals surface area contributed by atoms with Crippen molar-refractivity contribution in [2.24, 2.45) is 10.8 Å². The van der Waals surface area contributed by atoms with E-state index in [0.717, 1.165) is 12.8 Å². The van der Waals surface area contributed by atoms with Crippen LogP contribution >= 0.6 is 0 Å². The maximum absolute atomic E-state index is 12.5. The summed E-state index contributed by atoms with van der Waals surface area (Å²) in [4.78, 5) is 24.7. The highest BCUT2D eigenvalue weighted by Crippen LogP contribution is 2.34. The van der Waals surface area contributed by atoms with Crippen LogP contribution in [0.2, 0.25) is 0 Å². The maximum Gasteiger partial charge on any atom is 0.311 e. The van der Waals surface area contributed by atoms with Gasteiger partial charge in [-0.3, -0.25) is 9.59 Å². The quantitative estimate of drug-likeness (QED) is 0.473. The van der Waals surface area contributed by atoms with Gasteiger partial charge in [0, 0.05) is 6.61 Å². The predicted octanol–water partition coefficient (Wildman–Crippen LogP) is 3.11. The van der Waals surface area contributed by atoms with Crippen molar-refractivity contribution in [1.29, 1.82) is 0 Å². The number of aliphatic hydroxyl groups is 1. The molecule has 0 saturated carbocycles. The fourth-order valence-electron chi connectivity index (χ4n) is 4.04. The molecule has 0 spiro atoms. The Balaban J connectivity index is 1.69. The van der Waals surface area contributed by atoms with E-state index in [-0.39, 0.29) is 24.8 Å². The summed E-state index contributed by atoms with van der Waals surface area (Å²) in [6.45, 7) is 11.1. The average molecular weight is 481 g/mol. The molecular formula is C26H40O8. The van der Waals surface area contributed by atoms with E-state index in [1.807, 2.05) is 12.2 Å². The van der Waals surface area contributed by atoms with Gasteiger partial charge in [-0.25, -0.2) is 0 Å². The number of carbonyl (C=O) groups is 2. The topological polar surface area (TPSA) is 101 Å². The molecule has 3 heterocycles. The zero-order chi connectivity index (χ0) is 25.1. The van der Waals surface area contributed by atoms with E-state index < -0.39 is 47.3 Å². The smallest absolute Gasteiger partial charge is 0.311 e. The molecule has 0 aromatic carbocycles. The SMILES string of the molecule is CC(C)(C)C(=O)OC[C@H](C=C[C@@H]1C=CC[C@H]2O[C@H]3CCCO[C@@H]3[C@@H](O)[C@@H]2O1)OC(=O)C(C)(C)C. The summed E-state index contributed by atoms with van der Waals surface area (Å²) < 4.78 is 29.2. The van der Waals surface area contributed by atoms with Crippen molar-refractivity contribution in [1.82, 2.24) is 0 Å². The second kappa shape index (κ2) is 10.9. The molecule has 8 heteroatoms. The Morgan fingerprint density at radius 3 is 2.44 bits per heavy atom. The van der Waals surface area contributed by atoms with Crippen molar-refractivity contribution < 1.29 is 38.4 Å². The van der Waals surface area contributed by atoms with Crippen LogP contribution in [-0.2, 0) is 33.3 Å². The van der Waals surface area contributed by atoms with Gasteiger partial charge in [0.15, 0.2) is 6.10 Å². The summed E-state index contributed by atoms with van der Waals surface area (Å²) in [6, 6.07) is 0. The van der Waals surface area contributed by atoms with E-state index in [2.05, 4.69) is 0 Å². The predicted molar refractivity (Wildman–Crippen MR) is 125 cm³/mol. The van der Waals surface area contributed by atoms with Gasteiger partial charge in [0.2, 0.25) is 0 Å². The van der Waals surface area contributed by atoms with Crippen molar-refractivity contribution in [2.75, 3.05) is 13.2 Å². The molecule has 34 heavy (non-hydrogen) atoms. The molecular weight excluding hydrogens is 440 g/mol. The van der Waals surface area contributed by atoms with Crippen LogP contribution in [0.1, 0.15) is 60.8 Å². The lowest BCUT2D eigenvalue weighted by atomic mass is 9.90. The zero-order valence-corrected chi connectivity index (χ0v) is 21.2. The van der Waals surface area contributed by atoms with Gasteiger partial charge in [-0.05, 0) is 66.9 Å². The minimum absolute atomic E-state index is 0.0970. The number of esters is 2. The van der Waals surface area contributed by atoms with Crippen molar-refractivity contribution in [3.05, 3.63) is 24.3 Å². The number of carbonyl (C=O) groups excluding carboxylic acids is 2. The first kappa shape index (κ1) is 26.9. The lowest BCUT2D eigenvalue weighted by molar-refractivity contribution is -0.259. The van der Waals surface area contributed by atoms with Crippen molar-refractivity contribution >= 4 is 11.9 Å². The molecule has 0 aromatic heterocycles. The fraction of sp³-hybridized carbons (Fsp3) is 0.769. The molecule has 3 aliphatic heterocycles. The van der Waals surface area contributed by atoms with Gasteiger partial charge in [-0.15, -0.1) is 0 Å². The zero-order valence-electron chi connectivity index (χ0n) is 21.2. The Morgan fingerprint density at radius 2 is 1.76 bits per heavy atom. The highest BCUT2D eigenvalue weighted by atomic mass is 16.6. The van der Waals surface area contributed by atoms with Gasteiger partial charge >= 0.3 is 11.9 Å². The second-order valence-electron chi connectivity index (χ2n) is 11.3. The molecule has 0 aliphatic carbocycles. The number of rotatable bonds is 5. The van der Waals surface area contributed by atoms with Gasteiger partial charge < -0.3 is 28.8 Å². The molecule has 0 amide bonds. The Morgan fingerprint density at radius 1 is 1.06 bits per heavy atom. The minimum Gasteiger partial charge on any atom is -0.461 e. The molecule has 0 aromatic rings. The third-order valence-electron chi connectivity index (χ3n) is 6.08. The standard InChI is InChI=1S/C26H40O8/c1-25(2,3)23(28)31-15-17(33-24(29)26(4,5)6)13-12-16-9-7-10-19-22(32-16)20(27)21-18(34-19)11-8-14-30-21/h7,9,12-13,16-22,27H,8,10-11,14-15H2,1-6H3/t16-,17-,18-,19+,20+,21-,22+/m0/s1. The molecule has 0 bridgehead atoms. The average Bonchev–Trinajstić information content (AvgIpc) is 2.96. The largest absolute Gasteiger partial charge is 0.461 e. The number of aliphatic hydroxyl groups excluding tert-OH is 1. The summed E-state index contributed by atoms with van der Waals surface area (Å²) >= 11 is 0. The number of hydrogen-bond acceptors (Lipinski definition) is 8. The molecule has 3 aliphatic rings. The van der Waals surface area contributed by atoms with Crippen molar-refractivity contribution in [3.63, 3.8) is 0 Å². The monoisotopic (exact) mass is 480 g/mol. The molecule has 3 rings (SSSR count). The van der Waals surface area contributed by atoms with Crippen LogP contribution in [0.3, 0.4) is 0 Å². The third kappa shape index (κ3) is 6.90. The Labute approximate surface area is 202 Å². The first-order valence-corrected chi connectivity index (χ1v) is 12.2. The second-order valence-corrected chi connectivity index (χ2v) is 11.3. The first-order valence-electron chi connectivity index (χ1n) is 12.2. The van der Waals surface area contributed by atoms with Crippen LogP contribution < -0.4 is 0 Å². The van der Waals surface area contributed by atoms with Crippen LogP contribution in [0.5, 0.6) is 0 Å². The lowest BCUT2D eigenvalue weighted by Gasteiger charge is -2.46. The lowest BCUT2D eigenvalue weighted by Crippen LogP contribution is -2.60. The number of fused-ring (bicyclic) bond motifs is 2. The van der Waals surface area contributed by atoms with Crippen molar-refractivity contribution in [2.45, 2.75) is 104 Å². The molecule has 0 radical (unpaired) electrons. The summed E-state index contributed by atoms with van der Waals surface area (Å²) in [6.07, 6.45) is 6.36. The molecule has 8 nitrogen and oxygen atoms in total. The van der Waals surface area contributed by atoms with Gasteiger partial charge in [-0.2, -0.15) is 0 Å². The van der Waals surface area contributed by atoms with Crippen LogP contribution in [0.25, 0.3) is 0 Å². The first-order chi connectivity index (χ1) is 15.9. The fourth-order valence-corrected chi connectivity index (χ4v) is 4.04. The van der Waals surface area contributed by atoms with Crippen LogP contribution in [0, 0.1) is 10.8 Å². The Bertz CT molecular complexity index is 775. The highest BCUT2D eigenvalue weighted by Gasteiger charge is 2.48. The molecule has 0 unspecified atom stereocenters. The summed E-state index contributed by atoms with van der Waals surface area (Å²) in [5, 5.41) is 10.9. The number of hydrogen-bond donors (Lipinski definition) is 1. The Kier molecular flexibility index (Phi) is 8.61. The van der Waals surface area contributed by atoms with Gasteiger partial charge in [0.05, 0.1) is 29.1 Å². The van der Waals surface area contributed by atoms with E-state index >= 15 is 0 Å². The molecule has 2 saturated heterocycles. The van der Waals surface area contributed by atoms with Crippen LogP contribution in [0.4, 0.5) is 0 Å². The molecule has 192 valence electrons. The van der Waals surface area contributed by atoms with Gasteiger partial charge in [0.1, 0.15) is 24.9 Å². The van der Waals surface area contributed by atoms with E-state index in [1.165, 1.54) is 0 Å². The van der Waals surface area contributed by atoms with Crippen molar-refractivity contribution in [3.8, 4) is 0 Å². The minimum atomic E-state index is -0.790. The highest BCUT2D eigenvalue weighted by molar-refractivity contribution is 5.76. The molecule has 7 atom stereocenters. The maximum atomic E-state index is 12.5. The van der Waals surface area contributed by atoms with E-state index in [9.17, 15) is 14.7 Å².